The molecule has 4 heterocycles. The summed E-state index contributed by atoms with van der Waals surface area (Å²) in [7, 11) is 1.88. The lowest BCUT2D eigenvalue weighted by Gasteiger charge is -2.31. The van der Waals surface area contributed by atoms with E-state index in [2.05, 4.69) is 33.2 Å². The maximum absolute atomic E-state index is 13.0. The highest BCUT2D eigenvalue weighted by atomic mass is 16.2. The summed E-state index contributed by atoms with van der Waals surface area (Å²) in [5, 5.41) is 8.59. The fourth-order valence-corrected chi connectivity index (χ4v) is 4.81. The molecule has 30 heavy (non-hydrogen) atoms. The molecule has 2 aromatic heterocycles. The number of nitrogens with zero attached hydrogens (tertiary/aromatic N) is 5. The highest BCUT2D eigenvalue weighted by molar-refractivity contribution is 6.04. The number of aromatic nitrogens is 3. The summed E-state index contributed by atoms with van der Waals surface area (Å²) < 4.78 is 1.75. The topological polar surface area (TPSA) is 66.3 Å². The quantitative estimate of drug-likeness (QED) is 0.816. The van der Waals surface area contributed by atoms with Crippen LogP contribution < -0.4 is 10.2 Å². The van der Waals surface area contributed by atoms with Crippen molar-refractivity contribution in [2.24, 2.45) is 7.05 Å². The fraction of sp³-hybridized carbons (Fsp3) is 0.696. The number of carbonyl (C=O) groups excluding carboxylic acids is 1. The van der Waals surface area contributed by atoms with Gasteiger partial charge in [-0.1, -0.05) is 26.2 Å². The molecule has 164 valence electrons. The number of fused-ring (bicyclic) bond motifs is 1. The number of pyridine rings is 1. The van der Waals surface area contributed by atoms with Gasteiger partial charge < -0.3 is 15.1 Å². The van der Waals surface area contributed by atoms with Crippen molar-refractivity contribution in [3.63, 3.8) is 0 Å². The zero-order valence-corrected chi connectivity index (χ0v) is 18.6. The van der Waals surface area contributed by atoms with Crippen molar-refractivity contribution < 1.29 is 4.79 Å². The molecule has 2 aliphatic heterocycles. The molecule has 0 aromatic carbocycles. The molecule has 0 bridgehead atoms. The number of aryl methyl sites for hydroxylation is 1. The van der Waals surface area contributed by atoms with E-state index in [1.54, 1.807) is 4.68 Å². The molecular formula is C23H36N6O. The normalized spacial score (nSPS) is 19.6. The van der Waals surface area contributed by atoms with E-state index in [9.17, 15) is 4.79 Å². The largest absolute Gasteiger partial charge is 0.357 e. The Bertz CT molecular complexity index is 847. The predicted molar refractivity (Wildman–Crippen MR) is 121 cm³/mol. The first-order chi connectivity index (χ1) is 14.7. The Morgan fingerprint density at radius 3 is 2.47 bits per heavy atom. The Hall–Kier alpha value is -2.15. The zero-order valence-electron chi connectivity index (χ0n) is 18.6. The summed E-state index contributed by atoms with van der Waals surface area (Å²) in [4.78, 5) is 22.7. The molecule has 2 saturated heterocycles. The van der Waals surface area contributed by atoms with E-state index in [1.807, 2.05) is 13.1 Å². The third kappa shape index (κ3) is 4.77. The number of likely N-dealkylation sites (tertiary alicyclic amines) is 1. The number of carbonyl (C=O) groups is 1. The lowest BCUT2D eigenvalue weighted by molar-refractivity contribution is 0.0907. The Labute approximate surface area is 179 Å². The highest BCUT2D eigenvalue weighted by Crippen LogP contribution is 2.23. The van der Waals surface area contributed by atoms with Crippen LogP contribution >= 0.6 is 0 Å². The summed E-state index contributed by atoms with van der Waals surface area (Å²) in [6.07, 6.45) is 9.58. The summed E-state index contributed by atoms with van der Waals surface area (Å²) in [6.45, 7) is 7.59. The number of hydrogen-bond donors (Lipinski definition) is 1. The van der Waals surface area contributed by atoms with Gasteiger partial charge >= 0.3 is 0 Å². The van der Waals surface area contributed by atoms with Gasteiger partial charge in [-0.05, 0) is 50.8 Å². The minimum absolute atomic E-state index is 0.0737. The molecule has 4 rings (SSSR count). The molecule has 7 nitrogen and oxygen atoms in total. The van der Waals surface area contributed by atoms with Crippen LogP contribution in [-0.4, -0.2) is 64.3 Å². The minimum atomic E-state index is -0.0737. The molecule has 0 saturated carbocycles. The van der Waals surface area contributed by atoms with Crippen LogP contribution in [0.4, 0.5) is 5.82 Å². The van der Waals surface area contributed by atoms with Crippen LogP contribution in [0.25, 0.3) is 11.0 Å². The SMILES string of the molecule is CCCN1CCC(NC(=O)c2nn(C)c3nc(N4CCCCCCC4)ccc23)CC1. The summed E-state index contributed by atoms with van der Waals surface area (Å²) in [5.41, 5.74) is 1.28. The van der Waals surface area contributed by atoms with Crippen molar-refractivity contribution in [1.82, 2.24) is 25.0 Å². The molecule has 2 aliphatic rings. The van der Waals surface area contributed by atoms with Gasteiger partial charge in [0.1, 0.15) is 5.82 Å². The van der Waals surface area contributed by atoms with Gasteiger partial charge in [-0.25, -0.2) is 9.67 Å². The van der Waals surface area contributed by atoms with Gasteiger partial charge in [0.15, 0.2) is 11.3 Å². The van der Waals surface area contributed by atoms with E-state index in [1.165, 1.54) is 38.5 Å². The first kappa shape index (κ1) is 21.1. The van der Waals surface area contributed by atoms with Crippen LogP contribution in [0, 0.1) is 0 Å². The van der Waals surface area contributed by atoms with Gasteiger partial charge in [0.05, 0.1) is 5.39 Å². The van der Waals surface area contributed by atoms with Crippen LogP contribution in [0.5, 0.6) is 0 Å². The van der Waals surface area contributed by atoms with Crippen molar-refractivity contribution >= 4 is 22.8 Å². The monoisotopic (exact) mass is 412 g/mol. The molecule has 0 spiro atoms. The first-order valence-corrected chi connectivity index (χ1v) is 11.8. The molecule has 0 unspecified atom stereocenters. The second-order valence-electron chi connectivity index (χ2n) is 8.86. The maximum Gasteiger partial charge on any atom is 0.272 e. The van der Waals surface area contributed by atoms with Crippen LogP contribution in [0.1, 0.15) is 68.8 Å². The average Bonchev–Trinajstić information content (AvgIpc) is 3.06. The van der Waals surface area contributed by atoms with Crippen molar-refractivity contribution in [2.45, 2.75) is 64.3 Å². The van der Waals surface area contributed by atoms with Gasteiger partial charge in [-0.2, -0.15) is 5.10 Å². The number of anilines is 1. The van der Waals surface area contributed by atoms with Crippen LogP contribution in [0.2, 0.25) is 0 Å². The summed E-state index contributed by atoms with van der Waals surface area (Å²) >= 11 is 0. The van der Waals surface area contributed by atoms with E-state index >= 15 is 0 Å². The zero-order chi connectivity index (χ0) is 20.9. The standard InChI is InChI=1S/C23H36N6O/c1-3-13-28-16-11-18(12-17-28)24-23(30)21-19-9-10-20(25-22(19)27(2)26-21)29-14-7-5-4-6-8-15-29/h9-10,18H,3-8,11-17H2,1-2H3,(H,24,30). The van der Waals surface area contributed by atoms with Crippen molar-refractivity contribution in [3.8, 4) is 0 Å². The molecule has 1 N–H and O–H groups in total. The van der Waals surface area contributed by atoms with Crippen LogP contribution in [-0.2, 0) is 7.05 Å². The maximum atomic E-state index is 13.0. The van der Waals surface area contributed by atoms with Gasteiger partial charge in [0.25, 0.3) is 5.91 Å². The van der Waals surface area contributed by atoms with Gasteiger partial charge in [-0.15, -0.1) is 0 Å². The smallest absolute Gasteiger partial charge is 0.272 e. The Balaban J connectivity index is 1.46. The Morgan fingerprint density at radius 1 is 1.07 bits per heavy atom. The number of piperidine rings is 1. The van der Waals surface area contributed by atoms with Gasteiger partial charge in [0, 0.05) is 39.3 Å². The van der Waals surface area contributed by atoms with Crippen molar-refractivity contribution in [3.05, 3.63) is 17.8 Å². The molecule has 2 fully saturated rings. The highest BCUT2D eigenvalue weighted by Gasteiger charge is 2.24. The van der Waals surface area contributed by atoms with E-state index in [0.29, 0.717) is 5.69 Å². The molecule has 7 heteroatoms. The second-order valence-corrected chi connectivity index (χ2v) is 8.86. The summed E-state index contributed by atoms with van der Waals surface area (Å²) in [5.74, 6) is 0.929. The van der Waals surface area contributed by atoms with Gasteiger partial charge in [-0.3, -0.25) is 4.79 Å². The third-order valence-corrected chi connectivity index (χ3v) is 6.53. The number of rotatable bonds is 5. The van der Waals surface area contributed by atoms with E-state index in [-0.39, 0.29) is 11.9 Å². The number of nitrogens with one attached hydrogen (secondary N) is 1. The Kier molecular flexibility index (Phi) is 6.87. The van der Waals surface area contributed by atoms with Crippen LogP contribution in [0.15, 0.2) is 12.1 Å². The molecular weight excluding hydrogens is 376 g/mol. The fourth-order valence-electron chi connectivity index (χ4n) is 4.81. The lowest BCUT2D eigenvalue weighted by atomic mass is 10.0. The lowest BCUT2D eigenvalue weighted by Crippen LogP contribution is -2.44. The number of amides is 1. The first-order valence-electron chi connectivity index (χ1n) is 11.8. The van der Waals surface area contributed by atoms with E-state index in [4.69, 9.17) is 4.98 Å². The predicted octanol–water partition coefficient (Wildman–Crippen LogP) is 3.34. The van der Waals surface area contributed by atoms with Crippen molar-refractivity contribution in [2.75, 3.05) is 37.6 Å². The van der Waals surface area contributed by atoms with Crippen molar-refractivity contribution in [1.29, 1.82) is 0 Å². The molecule has 1 amide bonds. The van der Waals surface area contributed by atoms with E-state index in [0.717, 1.165) is 62.4 Å². The van der Waals surface area contributed by atoms with Gasteiger partial charge in [0.2, 0.25) is 0 Å². The third-order valence-electron chi connectivity index (χ3n) is 6.53. The minimum Gasteiger partial charge on any atom is -0.357 e. The Morgan fingerprint density at radius 2 is 1.77 bits per heavy atom. The average molecular weight is 413 g/mol. The number of hydrogen-bond acceptors (Lipinski definition) is 5. The molecule has 0 radical (unpaired) electrons. The second kappa shape index (κ2) is 9.77. The summed E-state index contributed by atoms with van der Waals surface area (Å²) in [6, 6.07) is 4.32. The van der Waals surface area contributed by atoms with Crippen LogP contribution in [0.3, 0.4) is 0 Å². The molecule has 0 atom stereocenters. The molecule has 0 aliphatic carbocycles. The molecule has 2 aromatic rings. The van der Waals surface area contributed by atoms with E-state index < -0.39 is 0 Å².